The van der Waals surface area contributed by atoms with E-state index in [4.69, 9.17) is 54.1 Å². The van der Waals surface area contributed by atoms with Crippen molar-refractivity contribution in [2.45, 2.75) is 56.3 Å². The van der Waals surface area contributed by atoms with Crippen LogP contribution in [0.25, 0.3) is 31.7 Å². The zero-order valence-electron chi connectivity index (χ0n) is 30.0. The molecule has 0 radical (unpaired) electrons. The van der Waals surface area contributed by atoms with Gasteiger partial charge in [0.25, 0.3) is 19.1 Å². The van der Waals surface area contributed by atoms with Crippen LogP contribution in [-0.4, -0.2) is 72.5 Å². The Kier molecular flexibility index (Phi) is 17.8. The van der Waals surface area contributed by atoms with Crippen LogP contribution >= 0.6 is 69.0 Å². The number of nitrogens with zero attached hydrogens (tertiary/aromatic N) is 5. The van der Waals surface area contributed by atoms with Crippen LogP contribution < -0.4 is 11.5 Å². The lowest BCUT2D eigenvalue weighted by atomic mass is 10.1. The van der Waals surface area contributed by atoms with Gasteiger partial charge < -0.3 is 25.2 Å². The fraction of sp³-hybridized carbons (Fsp3) is 0.235. The normalized spacial score (nSPS) is 13.0. The van der Waals surface area contributed by atoms with Crippen molar-refractivity contribution in [2.24, 2.45) is 11.5 Å². The maximum atomic E-state index is 13.3. The highest BCUT2D eigenvalue weighted by Crippen LogP contribution is 2.32. The van der Waals surface area contributed by atoms with E-state index in [1.807, 2.05) is 44.3 Å². The van der Waals surface area contributed by atoms with Crippen molar-refractivity contribution in [2.75, 3.05) is 7.11 Å². The summed E-state index contributed by atoms with van der Waals surface area (Å²) in [7, 11) is -1.49. The van der Waals surface area contributed by atoms with Gasteiger partial charge in [-0.15, -0.1) is 35.1 Å². The van der Waals surface area contributed by atoms with Crippen molar-refractivity contribution < 1.29 is 29.8 Å². The Bertz CT molecular complexity index is 2850. The van der Waals surface area contributed by atoms with Crippen LogP contribution in [-0.2, 0) is 47.5 Å². The Morgan fingerprint density at radius 3 is 1.88 bits per heavy atom. The molecule has 0 bridgehead atoms. The van der Waals surface area contributed by atoms with Crippen molar-refractivity contribution in [1.29, 1.82) is 0 Å². The van der Waals surface area contributed by atoms with Crippen LogP contribution in [0.4, 0.5) is 0 Å². The molecule has 0 fully saturated rings. The fourth-order valence-electron chi connectivity index (χ4n) is 5.59. The molecule has 316 valence electrons. The monoisotopic (exact) mass is 971 g/mol. The second kappa shape index (κ2) is 20.9. The molecule has 0 aliphatic rings. The van der Waals surface area contributed by atoms with Crippen LogP contribution in [0, 0.1) is 0 Å². The number of thiazole rings is 2. The third-order valence-electron chi connectivity index (χ3n) is 7.75. The lowest BCUT2D eigenvalue weighted by Crippen LogP contribution is -2.18. The van der Waals surface area contributed by atoms with Gasteiger partial charge >= 0.3 is 0 Å². The van der Waals surface area contributed by atoms with Crippen molar-refractivity contribution in [3.8, 4) is 0 Å². The van der Waals surface area contributed by atoms with Crippen LogP contribution in [0.5, 0.6) is 0 Å². The van der Waals surface area contributed by atoms with Gasteiger partial charge in [-0.2, -0.15) is 8.42 Å². The Morgan fingerprint density at radius 2 is 1.34 bits per heavy atom. The van der Waals surface area contributed by atoms with E-state index in [-0.39, 0.29) is 52.3 Å². The number of H-pyrrole nitrogens is 1. The number of halogens is 4. The van der Waals surface area contributed by atoms with Gasteiger partial charge in [-0.1, -0.05) is 67.0 Å². The first-order chi connectivity index (χ1) is 26.4. The summed E-state index contributed by atoms with van der Waals surface area (Å²) in [5.74, 6) is 0. The summed E-state index contributed by atoms with van der Waals surface area (Å²) in [4.78, 5) is 12.2. The summed E-state index contributed by atoms with van der Waals surface area (Å²) in [5.41, 5.74) is 15.7. The number of hydrogen-bond donors (Lipinski definition) is 3. The van der Waals surface area contributed by atoms with E-state index in [0.717, 1.165) is 24.5 Å². The number of benzene rings is 2. The van der Waals surface area contributed by atoms with E-state index in [2.05, 4.69) is 37.3 Å². The first-order valence-electron chi connectivity index (χ1n) is 16.1. The summed E-state index contributed by atoms with van der Waals surface area (Å²) in [6, 6.07) is 15.8. The average Bonchev–Trinajstić information content (AvgIpc) is 3.97. The lowest BCUT2D eigenvalue weighted by Gasteiger charge is -2.07. The summed E-state index contributed by atoms with van der Waals surface area (Å²) in [5, 5.41) is 5.30. The van der Waals surface area contributed by atoms with Crippen LogP contribution in [0.1, 0.15) is 32.4 Å². The van der Waals surface area contributed by atoms with Crippen LogP contribution in [0.2, 0.25) is 10.3 Å². The largest absolute Gasteiger partial charge is 0.750 e. The molecule has 3 unspecified atom stereocenters. The van der Waals surface area contributed by atoms with E-state index in [0.29, 0.717) is 21.9 Å². The lowest BCUT2D eigenvalue weighted by molar-refractivity contribution is 0.368. The molecule has 58 heavy (non-hydrogen) atoms. The minimum atomic E-state index is -3.91. The molecule has 0 saturated heterocycles. The molecule has 3 atom stereocenters. The molecule has 0 aliphatic carbocycles. The molecule has 2 aromatic carbocycles. The molecule has 0 saturated carbocycles. The van der Waals surface area contributed by atoms with Crippen LogP contribution in [0.3, 0.4) is 0 Å². The van der Waals surface area contributed by atoms with Gasteiger partial charge in [-0.05, 0) is 49.9 Å². The topological polar surface area (TPSA) is 225 Å². The molecule has 5 N–H and O–H groups in total. The predicted octanol–water partition coefficient (Wildman–Crippen LogP) is 7.65. The van der Waals surface area contributed by atoms with Crippen LogP contribution in [0.15, 0.2) is 94.1 Å². The fourth-order valence-corrected chi connectivity index (χ4v) is 10.9. The number of nitrogens with one attached hydrogen (secondary N) is 1. The Morgan fingerprint density at radius 1 is 0.862 bits per heavy atom. The number of aromatic nitrogens is 6. The smallest absolute Gasteiger partial charge is 0.287 e. The van der Waals surface area contributed by atoms with Gasteiger partial charge in [0.15, 0.2) is 25.3 Å². The highest BCUT2D eigenvalue weighted by Gasteiger charge is 2.29. The van der Waals surface area contributed by atoms with Crippen molar-refractivity contribution in [3.05, 3.63) is 106 Å². The molecule has 15 nitrogen and oxygen atoms in total. The Labute approximate surface area is 366 Å². The molecule has 0 aliphatic heterocycles. The zero-order valence-corrected chi connectivity index (χ0v) is 37.2. The third-order valence-corrected chi connectivity index (χ3v) is 13.3. The standard InChI is InChI=1S/C16H15ClN4O2S2.C11H14N2.C5H2Cl2N2O2S2.CH4O3S.CH4.ClH/c1-10(18)8-11-9-21(13-5-3-2-4-12(11)13)25(22,23)15-14(17)19-16-20(15)6-7-24-16;1-8(12)6-9-7-13-11-5-3-2-4-10(9)11;6-3-4(13(7,10)11)9-1-2-12-5(9)8-3;1-4-5(2)3;;/h2-7,9-10H,8,18H2,1H3;2-5,7-8,13H,6,12H2,1H3;1-2H;1H3,(H,2,3);1H4;1H/p-1. The first-order valence-corrected chi connectivity index (χ1v) is 23.4. The second-order valence-corrected chi connectivity index (χ2v) is 19.4. The highest BCUT2D eigenvalue weighted by molar-refractivity contribution is 8.13. The number of fused-ring (bicyclic) bond motifs is 4. The van der Waals surface area contributed by atoms with Crippen molar-refractivity contribution in [1.82, 2.24) is 27.7 Å². The summed E-state index contributed by atoms with van der Waals surface area (Å²) >= 11 is 12.0. The number of nitrogens with two attached hydrogens (primary N) is 2. The number of para-hydroxylation sites is 2. The maximum Gasteiger partial charge on any atom is 0.287 e. The van der Waals surface area contributed by atoms with Gasteiger partial charge in [0.05, 0.1) is 24.0 Å². The molecule has 8 rings (SSSR count). The summed E-state index contributed by atoms with van der Waals surface area (Å²) < 4.78 is 74.8. The average molecular weight is 974 g/mol. The Balaban J connectivity index is 0.000000232. The molecule has 8 aromatic rings. The minimum absolute atomic E-state index is 0. The van der Waals surface area contributed by atoms with Gasteiger partial charge in [0, 0.05) is 74.6 Å². The van der Waals surface area contributed by atoms with Crippen molar-refractivity contribution in [3.63, 3.8) is 0 Å². The minimum Gasteiger partial charge on any atom is -0.750 e. The molecular weight excluding hydrogens is 935 g/mol. The van der Waals surface area contributed by atoms with E-state index in [1.165, 1.54) is 51.9 Å². The van der Waals surface area contributed by atoms with Gasteiger partial charge in [-0.3, -0.25) is 8.80 Å². The van der Waals surface area contributed by atoms with E-state index >= 15 is 0 Å². The summed E-state index contributed by atoms with van der Waals surface area (Å²) in [6.07, 6.45) is 8.40. The second-order valence-electron chi connectivity index (χ2n) is 12.0. The number of hydrogen-bond acceptors (Lipinski definition) is 13. The zero-order chi connectivity index (χ0) is 40.9. The van der Waals surface area contributed by atoms with Crippen molar-refractivity contribution >= 4 is 131 Å². The third kappa shape index (κ3) is 11.4. The van der Waals surface area contributed by atoms with E-state index in [9.17, 15) is 16.8 Å². The first kappa shape index (κ1) is 49.3. The molecule has 0 amide bonds. The predicted molar refractivity (Wildman–Crippen MR) is 237 cm³/mol. The van der Waals surface area contributed by atoms with Gasteiger partial charge in [0.1, 0.15) is 0 Å². The number of rotatable bonds is 8. The van der Waals surface area contributed by atoms with Gasteiger partial charge in [-0.25, -0.2) is 26.6 Å². The SMILES string of the molecule is C.CC(N)Cc1c[nH]c2ccccc12.CC(N)Cc1cn(S(=O)(=O)c2c(Cl)nc3sccn23)c2ccccc12.COS(=O)[O-].Cl.O=S(=O)(Cl)c1c(Cl)nc2sccn12. The molecule has 0 spiro atoms. The Hall–Kier alpha value is -3.09. The summed E-state index contributed by atoms with van der Waals surface area (Å²) in [6.45, 7) is 3.92. The molecule has 6 aromatic heterocycles. The van der Waals surface area contributed by atoms with Gasteiger partial charge in [0.2, 0.25) is 5.03 Å². The number of aromatic amines is 1. The van der Waals surface area contributed by atoms with E-state index < -0.39 is 30.4 Å². The molecular formula is C34H39Cl4N8O7S5-. The maximum absolute atomic E-state index is 13.3. The molecule has 6 heterocycles. The number of imidazole rings is 2. The molecule has 24 heteroatoms. The highest BCUT2D eigenvalue weighted by atomic mass is 35.7. The quantitative estimate of drug-likeness (QED) is 0.0990. The van der Waals surface area contributed by atoms with E-state index in [1.54, 1.807) is 35.4 Å².